The lowest BCUT2D eigenvalue weighted by atomic mass is 10.1. The molecule has 0 aliphatic carbocycles. The number of unbranched alkanes of at least 4 members (excludes halogenated alkanes) is 1. The number of likely N-dealkylation sites (tertiary alicyclic amines) is 1. The number of anilines is 1. The highest BCUT2D eigenvalue weighted by atomic mass is 16.5. The average molecular weight is 441 g/mol. The van der Waals surface area contributed by atoms with Crippen LogP contribution >= 0.6 is 0 Å². The van der Waals surface area contributed by atoms with Crippen molar-refractivity contribution in [2.24, 2.45) is 0 Å². The van der Waals surface area contributed by atoms with Crippen molar-refractivity contribution in [2.45, 2.75) is 39.0 Å². The highest BCUT2D eigenvalue weighted by molar-refractivity contribution is 5.94. The summed E-state index contributed by atoms with van der Waals surface area (Å²) in [5.41, 5.74) is 0.828. The molecule has 0 bridgehead atoms. The van der Waals surface area contributed by atoms with E-state index in [1.807, 2.05) is 48.5 Å². The summed E-state index contributed by atoms with van der Waals surface area (Å²) in [5, 5.41) is 0. The molecular formula is C26H36N2O4. The Morgan fingerprint density at radius 1 is 0.969 bits per heavy atom. The van der Waals surface area contributed by atoms with E-state index in [4.69, 9.17) is 14.2 Å². The van der Waals surface area contributed by atoms with Crippen molar-refractivity contribution in [1.29, 1.82) is 0 Å². The molecule has 6 nitrogen and oxygen atoms in total. The molecule has 2 aromatic carbocycles. The number of rotatable bonds is 12. The number of hydrogen-bond donors (Lipinski definition) is 0. The number of nitrogens with zero attached hydrogens (tertiary/aromatic N) is 2. The molecule has 1 heterocycles. The minimum Gasteiger partial charge on any atom is -0.497 e. The van der Waals surface area contributed by atoms with Crippen LogP contribution in [0.2, 0.25) is 0 Å². The van der Waals surface area contributed by atoms with Crippen LogP contribution in [0.1, 0.15) is 39.0 Å². The lowest BCUT2D eigenvalue weighted by Gasteiger charge is -2.30. The van der Waals surface area contributed by atoms with E-state index in [1.165, 1.54) is 19.3 Å². The fourth-order valence-corrected chi connectivity index (χ4v) is 3.79. The number of carbonyl (C=O) groups is 1. The molecule has 1 aliphatic rings. The van der Waals surface area contributed by atoms with Crippen LogP contribution in [0.5, 0.6) is 17.2 Å². The van der Waals surface area contributed by atoms with Crippen molar-refractivity contribution in [1.82, 2.24) is 4.90 Å². The van der Waals surface area contributed by atoms with Gasteiger partial charge >= 0.3 is 0 Å². The Morgan fingerprint density at radius 3 is 2.38 bits per heavy atom. The fourth-order valence-electron chi connectivity index (χ4n) is 3.79. The van der Waals surface area contributed by atoms with Gasteiger partial charge in [-0.1, -0.05) is 25.8 Å². The molecule has 0 unspecified atom stereocenters. The fraction of sp³-hybridized carbons (Fsp3) is 0.500. The second-order valence-electron chi connectivity index (χ2n) is 8.11. The molecule has 0 aromatic heterocycles. The maximum atomic E-state index is 13.1. The van der Waals surface area contributed by atoms with Gasteiger partial charge in [-0.05, 0) is 68.8 Å². The first-order valence-corrected chi connectivity index (χ1v) is 11.7. The van der Waals surface area contributed by atoms with Crippen molar-refractivity contribution in [3.05, 3.63) is 48.5 Å². The molecular weight excluding hydrogens is 404 g/mol. The van der Waals surface area contributed by atoms with Gasteiger partial charge in [0.2, 0.25) is 0 Å². The third kappa shape index (κ3) is 7.45. The lowest BCUT2D eigenvalue weighted by Crippen LogP contribution is -2.42. The van der Waals surface area contributed by atoms with Gasteiger partial charge in [-0.25, -0.2) is 0 Å². The average Bonchev–Trinajstić information content (AvgIpc) is 2.84. The largest absolute Gasteiger partial charge is 0.497 e. The summed E-state index contributed by atoms with van der Waals surface area (Å²) in [6, 6.07) is 15.1. The molecule has 6 heteroatoms. The molecule has 0 N–H and O–H groups in total. The van der Waals surface area contributed by atoms with Crippen LogP contribution in [0.25, 0.3) is 0 Å². The molecule has 0 radical (unpaired) electrons. The van der Waals surface area contributed by atoms with E-state index in [9.17, 15) is 4.79 Å². The molecule has 0 atom stereocenters. The molecule has 1 amide bonds. The summed E-state index contributed by atoms with van der Waals surface area (Å²) >= 11 is 0. The normalized spacial score (nSPS) is 14.1. The number of carbonyl (C=O) groups excluding carboxylic acids is 1. The Hall–Kier alpha value is -2.73. The van der Waals surface area contributed by atoms with E-state index >= 15 is 0 Å². The quantitative estimate of drug-likeness (QED) is 0.445. The summed E-state index contributed by atoms with van der Waals surface area (Å²) in [6.45, 7) is 6.51. The van der Waals surface area contributed by atoms with Crippen LogP contribution in [0.4, 0.5) is 5.69 Å². The van der Waals surface area contributed by atoms with Gasteiger partial charge < -0.3 is 24.0 Å². The minimum atomic E-state index is -0.0708. The zero-order valence-corrected chi connectivity index (χ0v) is 19.4. The number of benzene rings is 2. The second kappa shape index (κ2) is 13.0. The molecule has 1 aliphatic heterocycles. The molecule has 1 saturated heterocycles. The Balaban J connectivity index is 1.60. The highest BCUT2D eigenvalue weighted by Crippen LogP contribution is 2.22. The Morgan fingerprint density at radius 2 is 1.69 bits per heavy atom. The van der Waals surface area contributed by atoms with Gasteiger partial charge in [0.1, 0.15) is 17.2 Å². The Bertz CT molecular complexity index is 819. The first-order chi connectivity index (χ1) is 15.7. The molecule has 1 fully saturated rings. The van der Waals surface area contributed by atoms with Crippen LogP contribution in [0.3, 0.4) is 0 Å². The number of piperidine rings is 1. The number of hydrogen-bond acceptors (Lipinski definition) is 5. The van der Waals surface area contributed by atoms with E-state index in [1.54, 1.807) is 12.0 Å². The van der Waals surface area contributed by atoms with Gasteiger partial charge in [-0.15, -0.1) is 0 Å². The monoisotopic (exact) mass is 440 g/mol. The van der Waals surface area contributed by atoms with Crippen LogP contribution in [0.15, 0.2) is 48.5 Å². The van der Waals surface area contributed by atoms with Crippen molar-refractivity contribution in [3.8, 4) is 17.2 Å². The van der Waals surface area contributed by atoms with Crippen LogP contribution < -0.4 is 19.1 Å². The summed E-state index contributed by atoms with van der Waals surface area (Å²) in [6.07, 6.45) is 5.89. The van der Waals surface area contributed by atoms with E-state index < -0.39 is 0 Å². The minimum absolute atomic E-state index is 0.0206. The molecule has 174 valence electrons. The molecule has 32 heavy (non-hydrogen) atoms. The second-order valence-corrected chi connectivity index (χ2v) is 8.11. The van der Waals surface area contributed by atoms with Gasteiger partial charge in [-0.3, -0.25) is 4.79 Å². The van der Waals surface area contributed by atoms with Gasteiger partial charge in [-0.2, -0.15) is 0 Å². The Kier molecular flexibility index (Phi) is 9.69. The van der Waals surface area contributed by atoms with E-state index in [2.05, 4.69) is 11.8 Å². The first-order valence-electron chi connectivity index (χ1n) is 11.7. The van der Waals surface area contributed by atoms with Crippen molar-refractivity contribution < 1.29 is 19.0 Å². The summed E-state index contributed by atoms with van der Waals surface area (Å²) in [5.74, 6) is 2.14. The highest BCUT2D eigenvalue weighted by Gasteiger charge is 2.19. The van der Waals surface area contributed by atoms with Crippen molar-refractivity contribution >= 4 is 11.6 Å². The predicted octanol–water partition coefficient (Wildman–Crippen LogP) is 4.77. The van der Waals surface area contributed by atoms with Gasteiger partial charge in [0.05, 0.1) is 13.7 Å². The topological polar surface area (TPSA) is 51.2 Å². The number of amides is 1. The van der Waals surface area contributed by atoms with Crippen LogP contribution in [-0.4, -0.2) is 57.3 Å². The number of ether oxygens (including phenoxy) is 3. The zero-order chi connectivity index (χ0) is 22.6. The zero-order valence-electron chi connectivity index (χ0n) is 19.4. The standard InChI is InChI=1S/C26H36N2O4/c1-3-4-19-31-23-11-13-24(14-12-23)32-21-26(29)28(18-17-27-15-6-5-7-16-27)22-9-8-10-25(20-22)30-2/h8-14,20H,3-7,15-19,21H2,1-2H3. The van der Waals surface area contributed by atoms with Gasteiger partial charge in [0.15, 0.2) is 6.61 Å². The number of methoxy groups -OCH3 is 1. The summed E-state index contributed by atoms with van der Waals surface area (Å²) in [7, 11) is 1.64. The summed E-state index contributed by atoms with van der Waals surface area (Å²) < 4.78 is 16.9. The molecule has 3 rings (SSSR count). The Labute approximate surface area is 192 Å². The first kappa shape index (κ1) is 23.9. The van der Waals surface area contributed by atoms with Crippen LogP contribution in [-0.2, 0) is 4.79 Å². The maximum absolute atomic E-state index is 13.1. The maximum Gasteiger partial charge on any atom is 0.264 e. The van der Waals surface area contributed by atoms with Gasteiger partial charge in [0, 0.05) is 24.8 Å². The molecule has 0 spiro atoms. The van der Waals surface area contributed by atoms with Crippen LogP contribution in [0, 0.1) is 0 Å². The van der Waals surface area contributed by atoms with E-state index in [0.29, 0.717) is 18.9 Å². The third-order valence-corrected chi connectivity index (χ3v) is 5.71. The third-order valence-electron chi connectivity index (χ3n) is 5.71. The lowest BCUT2D eigenvalue weighted by molar-refractivity contribution is -0.120. The smallest absolute Gasteiger partial charge is 0.264 e. The molecule has 2 aromatic rings. The SMILES string of the molecule is CCCCOc1ccc(OCC(=O)N(CCN2CCCCC2)c2cccc(OC)c2)cc1. The van der Waals surface area contributed by atoms with E-state index in [0.717, 1.165) is 49.7 Å². The van der Waals surface area contributed by atoms with Crippen molar-refractivity contribution in [3.63, 3.8) is 0 Å². The summed E-state index contributed by atoms with van der Waals surface area (Å²) in [4.78, 5) is 17.4. The van der Waals surface area contributed by atoms with Gasteiger partial charge in [0.25, 0.3) is 5.91 Å². The molecule has 0 saturated carbocycles. The van der Waals surface area contributed by atoms with Crippen molar-refractivity contribution in [2.75, 3.05) is 51.4 Å². The van der Waals surface area contributed by atoms with E-state index in [-0.39, 0.29) is 12.5 Å². The predicted molar refractivity (Wildman–Crippen MR) is 128 cm³/mol.